The molecule has 0 aromatic heterocycles. The zero-order valence-electron chi connectivity index (χ0n) is 23.1. The average Bonchev–Trinajstić information content (AvgIpc) is 2.91. The summed E-state index contributed by atoms with van der Waals surface area (Å²) in [5.41, 5.74) is 0. The molecule has 11 heteroatoms. The van der Waals surface area contributed by atoms with Crippen molar-refractivity contribution in [2.75, 3.05) is 118 Å². The van der Waals surface area contributed by atoms with E-state index < -0.39 is 0 Å². The molecule has 0 rings (SSSR count). The molecule has 1 unspecified atom stereocenters. The van der Waals surface area contributed by atoms with E-state index >= 15 is 0 Å². The molecule has 0 spiro atoms. The summed E-state index contributed by atoms with van der Waals surface area (Å²) >= 11 is 3.30. The molecule has 0 heterocycles. The highest BCUT2D eigenvalue weighted by Crippen LogP contribution is 2.14. The van der Waals surface area contributed by atoms with Gasteiger partial charge < -0.3 is 42.6 Å². The van der Waals surface area contributed by atoms with Crippen LogP contribution in [0.3, 0.4) is 0 Å². The Kier molecular flexibility index (Phi) is 31.5. The zero-order valence-corrected chi connectivity index (χ0v) is 24.7. The number of hydrogen-bond donors (Lipinski definition) is 0. The van der Waals surface area contributed by atoms with Crippen LogP contribution in [-0.2, 0) is 47.4 Å². The van der Waals surface area contributed by atoms with Crippen LogP contribution in [0.4, 0.5) is 0 Å². The molecule has 0 fully saturated rings. The number of ether oxygens (including phenoxy) is 9. The maximum atomic E-state index is 12.0. The number of rotatable bonds is 31. The second-order valence-electron chi connectivity index (χ2n) is 8.00. The fourth-order valence-corrected chi connectivity index (χ4v) is 3.18. The van der Waals surface area contributed by atoms with Crippen LogP contribution in [0.2, 0.25) is 0 Å². The van der Waals surface area contributed by atoms with Crippen LogP contribution < -0.4 is 0 Å². The van der Waals surface area contributed by atoms with Crippen molar-refractivity contribution >= 4 is 21.9 Å². The Morgan fingerprint density at radius 1 is 0.541 bits per heavy atom. The lowest BCUT2D eigenvalue weighted by atomic mass is 10.00. The van der Waals surface area contributed by atoms with Crippen molar-refractivity contribution in [3.63, 3.8) is 0 Å². The quantitative estimate of drug-likeness (QED) is 0.0667. The second kappa shape index (κ2) is 31.8. The monoisotopic (exact) mass is 602 g/mol. The third-order valence-electron chi connectivity index (χ3n) is 5.03. The lowest BCUT2D eigenvalue weighted by molar-refractivity contribution is -0.150. The van der Waals surface area contributed by atoms with Gasteiger partial charge in [-0.25, -0.2) is 0 Å². The number of carbonyl (C=O) groups is 1. The molecule has 0 aliphatic heterocycles. The summed E-state index contributed by atoms with van der Waals surface area (Å²) in [4.78, 5) is 12.0. The molecule has 0 aliphatic rings. The van der Waals surface area contributed by atoms with Crippen molar-refractivity contribution in [2.24, 2.45) is 5.92 Å². The molecule has 10 nitrogen and oxygen atoms in total. The van der Waals surface area contributed by atoms with Gasteiger partial charge in [0.2, 0.25) is 0 Å². The summed E-state index contributed by atoms with van der Waals surface area (Å²) in [5.74, 6) is -0.112. The van der Waals surface area contributed by atoms with Crippen molar-refractivity contribution in [2.45, 2.75) is 39.5 Å². The Balaban J connectivity index is 3.16. The van der Waals surface area contributed by atoms with Crippen molar-refractivity contribution in [1.82, 2.24) is 0 Å². The first-order valence-electron chi connectivity index (χ1n) is 13.6. The number of halogens is 1. The summed E-state index contributed by atoms with van der Waals surface area (Å²) in [6.07, 6.45) is 3.85. The average molecular weight is 604 g/mol. The minimum absolute atomic E-state index is 0.00344. The van der Waals surface area contributed by atoms with E-state index in [2.05, 4.69) is 22.9 Å². The summed E-state index contributed by atoms with van der Waals surface area (Å²) in [7, 11) is 0. The molecule has 0 bridgehead atoms. The number of esters is 1. The maximum absolute atomic E-state index is 12.0. The van der Waals surface area contributed by atoms with Gasteiger partial charge >= 0.3 is 5.97 Å². The predicted molar refractivity (Wildman–Crippen MR) is 145 cm³/mol. The molecule has 222 valence electrons. The maximum Gasteiger partial charge on any atom is 0.308 e. The van der Waals surface area contributed by atoms with Crippen LogP contribution in [0.15, 0.2) is 0 Å². The third kappa shape index (κ3) is 28.5. The first-order chi connectivity index (χ1) is 18.3. The Hall–Kier alpha value is -0.370. The predicted octanol–water partition coefficient (Wildman–Crippen LogP) is 3.27. The molecule has 0 aromatic rings. The molecule has 0 amide bonds. The molecule has 37 heavy (non-hydrogen) atoms. The van der Waals surface area contributed by atoms with Crippen LogP contribution in [0, 0.1) is 5.92 Å². The Bertz CT molecular complexity index is 459. The van der Waals surface area contributed by atoms with Gasteiger partial charge in [-0.15, -0.1) is 0 Å². The van der Waals surface area contributed by atoms with Gasteiger partial charge in [-0.3, -0.25) is 4.79 Å². The molecule has 0 saturated heterocycles. The van der Waals surface area contributed by atoms with E-state index in [9.17, 15) is 4.79 Å². The van der Waals surface area contributed by atoms with Gasteiger partial charge in [-0.05, 0) is 12.8 Å². The minimum atomic E-state index is -0.116. The molecular weight excluding hydrogens is 552 g/mol. The summed E-state index contributed by atoms with van der Waals surface area (Å²) in [6.45, 7) is 12.8. The SMILES string of the molecule is CCCCC(CC)C(=O)OCCOCCOCCOCCOCCOCCOCCOCCOCCBr. The highest BCUT2D eigenvalue weighted by atomic mass is 79.9. The lowest BCUT2D eigenvalue weighted by Gasteiger charge is -2.13. The van der Waals surface area contributed by atoms with Crippen LogP contribution >= 0.6 is 15.9 Å². The topological polar surface area (TPSA) is 100 Å². The van der Waals surface area contributed by atoms with E-state index in [0.29, 0.717) is 106 Å². The molecule has 0 aliphatic carbocycles. The largest absolute Gasteiger partial charge is 0.463 e. The molecule has 0 radical (unpaired) electrons. The zero-order chi connectivity index (χ0) is 27.1. The molecule has 0 aromatic carbocycles. The number of hydrogen-bond acceptors (Lipinski definition) is 10. The lowest BCUT2D eigenvalue weighted by Crippen LogP contribution is -2.20. The van der Waals surface area contributed by atoms with Gasteiger partial charge in [0, 0.05) is 5.33 Å². The van der Waals surface area contributed by atoms with Crippen molar-refractivity contribution < 1.29 is 47.4 Å². The standard InChI is InChI=1S/C26H51BrO10/c1-3-5-6-25(4-2)26(28)37-24-23-36-22-21-35-20-19-34-18-17-33-16-15-32-14-13-31-12-11-30-10-9-29-8-7-27/h25H,3-24H2,1-2H3. The van der Waals surface area contributed by atoms with Crippen LogP contribution in [0.1, 0.15) is 39.5 Å². The Morgan fingerprint density at radius 3 is 1.16 bits per heavy atom. The summed E-state index contributed by atoms with van der Waals surface area (Å²) < 4.78 is 48.6. The van der Waals surface area contributed by atoms with Gasteiger partial charge in [0.1, 0.15) is 6.61 Å². The highest BCUT2D eigenvalue weighted by Gasteiger charge is 2.16. The van der Waals surface area contributed by atoms with Crippen molar-refractivity contribution in [3.05, 3.63) is 0 Å². The van der Waals surface area contributed by atoms with E-state index in [1.165, 1.54) is 0 Å². The van der Waals surface area contributed by atoms with E-state index in [1.54, 1.807) is 0 Å². The van der Waals surface area contributed by atoms with E-state index in [0.717, 1.165) is 31.0 Å². The third-order valence-corrected chi connectivity index (χ3v) is 5.35. The Labute approximate surface area is 232 Å². The molecule has 0 N–H and O–H groups in total. The number of unbranched alkanes of at least 4 members (excludes halogenated alkanes) is 1. The highest BCUT2D eigenvalue weighted by molar-refractivity contribution is 9.09. The minimum Gasteiger partial charge on any atom is -0.463 e. The first kappa shape index (κ1) is 36.6. The number of alkyl halides is 1. The van der Waals surface area contributed by atoms with Crippen molar-refractivity contribution in [3.8, 4) is 0 Å². The Morgan fingerprint density at radius 2 is 0.865 bits per heavy atom. The second-order valence-corrected chi connectivity index (χ2v) is 8.80. The normalized spacial score (nSPS) is 12.2. The summed E-state index contributed by atoms with van der Waals surface area (Å²) in [6, 6.07) is 0. The van der Waals surface area contributed by atoms with Crippen LogP contribution in [-0.4, -0.2) is 124 Å². The van der Waals surface area contributed by atoms with Gasteiger partial charge in [0.05, 0.1) is 112 Å². The van der Waals surface area contributed by atoms with E-state index in [1.807, 2.05) is 6.92 Å². The summed E-state index contributed by atoms with van der Waals surface area (Å²) in [5, 5.41) is 0.838. The van der Waals surface area contributed by atoms with Gasteiger partial charge in [0.25, 0.3) is 0 Å². The van der Waals surface area contributed by atoms with E-state index in [-0.39, 0.29) is 18.5 Å². The van der Waals surface area contributed by atoms with Gasteiger partial charge in [-0.1, -0.05) is 42.6 Å². The smallest absolute Gasteiger partial charge is 0.308 e. The molecule has 0 saturated carbocycles. The van der Waals surface area contributed by atoms with Crippen LogP contribution in [0.25, 0.3) is 0 Å². The van der Waals surface area contributed by atoms with Gasteiger partial charge in [-0.2, -0.15) is 0 Å². The first-order valence-corrected chi connectivity index (χ1v) is 14.7. The van der Waals surface area contributed by atoms with Crippen LogP contribution in [0.5, 0.6) is 0 Å². The fourth-order valence-electron chi connectivity index (χ4n) is 2.95. The molecular formula is C26H51BrO10. The van der Waals surface area contributed by atoms with Crippen molar-refractivity contribution in [1.29, 1.82) is 0 Å². The fraction of sp³-hybridized carbons (Fsp3) is 0.962. The van der Waals surface area contributed by atoms with Gasteiger partial charge in [0.15, 0.2) is 0 Å². The van der Waals surface area contributed by atoms with E-state index in [4.69, 9.17) is 42.6 Å². The number of carbonyl (C=O) groups excluding carboxylic acids is 1. The molecule has 1 atom stereocenters.